The third-order valence-corrected chi connectivity index (χ3v) is 4.56. The molecule has 0 spiro atoms. The molecule has 2 aromatic rings. The maximum absolute atomic E-state index is 14.0. The van der Waals surface area contributed by atoms with Crippen LogP contribution in [0.4, 0.5) is 10.2 Å². The Morgan fingerprint density at radius 2 is 2.22 bits per heavy atom. The predicted molar refractivity (Wildman–Crippen MR) is 92.8 cm³/mol. The molecule has 1 unspecified atom stereocenters. The lowest BCUT2D eigenvalue weighted by Crippen LogP contribution is -2.41. The van der Waals surface area contributed by atoms with Gasteiger partial charge >= 0.3 is 0 Å². The van der Waals surface area contributed by atoms with E-state index in [-0.39, 0.29) is 5.82 Å². The second kappa shape index (κ2) is 7.36. The molecule has 1 aliphatic rings. The molecule has 1 aromatic carbocycles. The van der Waals surface area contributed by atoms with Gasteiger partial charge < -0.3 is 5.32 Å². The predicted octanol–water partition coefficient (Wildman–Crippen LogP) is 3.76. The minimum absolute atomic E-state index is 0.152. The largest absolute Gasteiger partial charge is 0.366 e. The zero-order chi connectivity index (χ0) is 16.2. The molecule has 3 rings (SSSR count). The quantitative estimate of drug-likeness (QED) is 0.878. The van der Waals surface area contributed by atoms with Crippen LogP contribution in [0.2, 0.25) is 0 Å². The number of aromatic nitrogens is 2. The SMILES string of the molecule is Cc1cc(NC2CCCN(Cc3ccc(Br)cc3F)C2)ncn1. The van der Waals surface area contributed by atoms with Gasteiger partial charge in [-0.25, -0.2) is 14.4 Å². The molecule has 1 aliphatic heterocycles. The summed E-state index contributed by atoms with van der Waals surface area (Å²) in [6.45, 7) is 4.48. The highest BCUT2D eigenvalue weighted by atomic mass is 79.9. The van der Waals surface area contributed by atoms with Crippen molar-refractivity contribution in [1.82, 2.24) is 14.9 Å². The summed E-state index contributed by atoms with van der Waals surface area (Å²) >= 11 is 3.30. The molecule has 0 bridgehead atoms. The fraction of sp³-hybridized carbons (Fsp3) is 0.412. The molecule has 4 nitrogen and oxygen atoms in total. The maximum atomic E-state index is 14.0. The third-order valence-electron chi connectivity index (χ3n) is 4.07. The standard InChI is InChI=1S/C17H20BrFN4/c1-12-7-17(21-11-20-12)22-15-3-2-6-23(10-15)9-13-4-5-14(18)8-16(13)19/h4-5,7-8,11,15H,2-3,6,9-10H2,1H3,(H,20,21,22). The first kappa shape index (κ1) is 16.3. The number of piperidine rings is 1. The van der Waals surface area contributed by atoms with Crippen molar-refractivity contribution in [2.45, 2.75) is 32.4 Å². The molecule has 1 N–H and O–H groups in total. The van der Waals surface area contributed by atoms with Crippen LogP contribution in [0.15, 0.2) is 35.1 Å². The van der Waals surface area contributed by atoms with Crippen LogP contribution in [-0.2, 0) is 6.54 Å². The van der Waals surface area contributed by atoms with Crippen LogP contribution in [-0.4, -0.2) is 34.0 Å². The summed E-state index contributed by atoms with van der Waals surface area (Å²) in [5.74, 6) is 0.708. The van der Waals surface area contributed by atoms with Crippen molar-refractivity contribution in [3.05, 3.63) is 52.1 Å². The number of benzene rings is 1. The van der Waals surface area contributed by atoms with E-state index in [4.69, 9.17) is 0 Å². The van der Waals surface area contributed by atoms with E-state index in [9.17, 15) is 4.39 Å². The molecule has 1 atom stereocenters. The van der Waals surface area contributed by atoms with Crippen molar-refractivity contribution in [2.24, 2.45) is 0 Å². The van der Waals surface area contributed by atoms with E-state index in [1.54, 1.807) is 6.33 Å². The number of likely N-dealkylation sites (tertiary alicyclic amines) is 1. The average Bonchev–Trinajstić information content (AvgIpc) is 2.51. The Morgan fingerprint density at radius 3 is 3.00 bits per heavy atom. The number of rotatable bonds is 4. The monoisotopic (exact) mass is 378 g/mol. The van der Waals surface area contributed by atoms with E-state index < -0.39 is 0 Å². The fourth-order valence-corrected chi connectivity index (χ4v) is 3.28. The number of nitrogens with one attached hydrogen (secondary N) is 1. The Bertz CT molecular complexity index is 679. The van der Waals surface area contributed by atoms with E-state index in [1.807, 2.05) is 25.1 Å². The van der Waals surface area contributed by atoms with Gasteiger partial charge in [-0.05, 0) is 38.4 Å². The second-order valence-corrected chi connectivity index (χ2v) is 6.91. The minimum atomic E-state index is -0.152. The van der Waals surface area contributed by atoms with Gasteiger partial charge in [-0.1, -0.05) is 22.0 Å². The molecule has 1 fully saturated rings. The highest BCUT2D eigenvalue weighted by molar-refractivity contribution is 9.10. The maximum Gasteiger partial charge on any atom is 0.129 e. The van der Waals surface area contributed by atoms with Gasteiger partial charge in [0.25, 0.3) is 0 Å². The molecule has 0 amide bonds. The minimum Gasteiger partial charge on any atom is -0.366 e. The molecule has 1 aromatic heterocycles. The molecule has 0 aliphatic carbocycles. The van der Waals surface area contributed by atoms with E-state index in [2.05, 4.69) is 36.1 Å². The first-order valence-corrected chi connectivity index (χ1v) is 8.61. The molecule has 0 radical (unpaired) electrons. The molecule has 122 valence electrons. The summed E-state index contributed by atoms with van der Waals surface area (Å²) in [6, 6.07) is 7.55. The van der Waals surface area contributed by atoms with Crippen LogP contribution in [0.3, 0.4) is 0 Å². The van der Waals surface area contributed by atoms with Crippen molar-refractivity contribution < 1.29 is 4.39 Å². The summed E-state index contributed by atoms with van der Waals surface area (Å²) in [7, 11) is 0. The number of halogens is 2. The zero-order valence-corrected chi connectivity index (χ0v) is 14.7. The van der Waals surface area contributed by atoms with Crippen molar-refractivity contribution in [1.29, 1.82) is 0 Å². The molecule has 1 saturated heterocycles. The van der Waals surface area contributed by atoms with E-state index in [0.29, 0.717) is 12.6 Å². The molecule has 0 saturated carbocycles. The first-order chi connectivity index (χ1) is 11.1. The number of nitrogens with zero attached hydrogens (tertiary/aromatic N) is 3. The Kier molecular flexibility index (Phi) is 5.23. The third kappa shape index (κ3) is 4.48. The van der Waals surface area contributed by atoms with Crippen LogP contribution in [0.25, 0.3) is 0 Å². The lowest BCUT2D eigenvalue weighted by atomic mass is 10.0. The molecule has 23 heavy (non-hydrogen) atoms. The molecule has 2 heterocycles. The highest BCUT2D eigenvalue weighted by Crippen LogP contribution is 2.20. The summed E-state index contributed by atoms with van der Waals surface area (Å²) in [5.41, 5.74) is 1.69. The van der Waals surface area contributed by atoms with Gasteiger partial charge in [-0.3, -0.25) is 4.90 Å². The zero-order valence-electron chi connectivity index (χ0n) is 13.1. The van der Waals surface area contributed by atoms with E-state index in [1.165, 1.54) is 6.07 Å². The Labute approximate surface area is 144 Å². The number of aryl methyl sites for hydroxylation is 1. The highest BCUT2D eigenvalue weighted by Gasteiger charge is 2.21. The van der Waals surface area contributed by atoms with Crippen molar-refractivity contribution in [3.8, 4) is 0 Å². The summed E-state index contributed by atoms with van der Waals surface area (Å²) in [4.78, 5) is 10.7. The summed E-state index contributed by atoms with van der Waals surface area (Å²) < 4.78 is 14.8. The average molecular weight is 379 g/mol. The second-order valence-electron chi connectivity index (χ2n) is 6.00. The van der Waals surface area contributed by atoms with E-state index in [0.717, 1.165) is 47.5 Å². The Hall–Kier alpha value is -1.53. The van der Waals surface area contributed by atoms with Crippen LogP contribution >= 0.6 is 15.9 Å². The van der Waals surface area contributed by atoms with Crippen molar-refractivity contribution in [3.63, 3.8) is 0 Å². The van der Waals surface area contributed by atoms with Crippen molar-refractivity contribution in [2.75, 3.05) is 18.4 Å². The lowest BCUT2D eigenvalue weighted by molar-refractivity contribution is 0.206. The lowest BCUT2D eigenvalue weighted by Gasteiger charge is -2.33. The van der Waals surface area contributed by atoms with Crippen LogP contribution in [0.5, 0.6) is 0 Å². The van der Waals surface area contributed by atoms with Crippen LogP contribution in [0.1, 0.15) is 24.1 Å². The van der Waals surface area contributed by atoms with Gasteiger partial charge in [0.15, 0.2) is 0 Å². The Balaban J connectivity index is 1.61. The van der Waals surface area contributed by atoms with Crippen LogP contribution < -0.4 is 5.32 Å². The topological polar surface area (TPSA) is 41.0 Å². The molecular weight excluding hydrogens is 359 g/mol. The molecule has 6 heteroatoms. The van der Waals surface area contributed by atoms with Gasteiger partial charge in [0, 0.05) is 40.9 Å². The summed E-state index contributed by atoms with van der Waals surface area (Å²) in [5, 5.41) is 3.47. The van der Waals surface area contributed by atoms with E-state index >= 15 is 0 Å². The number of anilines is 1. The van der Waals surface area contributed by atoms with Gasteiger partial charge in [-0.2, -0.15) is 0 Å². The number of hydrogen-bond donors (Lipinski definition) is 1. The van der Waals surface area contributed by atoms with Gasteiger partial charge in [-0.15, -0.1) is 0 Å². The van der Waals surface area contributed by atoms with Crippen molar-refractivity contribution >= 4 is 21.7 Å². The van der Waals surface area contributed by atoms with Gasteiger partial charge in [0.05, 0.1) is 0 Å². The van der Waals surface area contributed by atoms with Crippen LogP contribution in [0, 0.1) is 12.7 Å². The fourth-order valence-electron chi connectivity index (χ4n) is 2.95. The molecular formula is C17H20BrFN4. The smallest absolute Gasteiger partial charge is 0.129 e. The van der Waals surface area contributed by atoms with Gasteiger partial charge in [0.2, 0.25) is 0 Å². The number of hydrogen-bond acceptors (Lipinski definition) is 4. The summed E-state index contributed by atoms with van der Waals surface area (Å²) in [6.07, 6.45) is 3.78. The normalized spacial score (nSPS) is 18.8. The Morgan fingerprint density at radius 1 is 1.35 bits per heavy atom. The van der Waals surface area contributed by atoms with Gasteiger partial charge in [0.1, 0.15) is 18.0 Å². The first-order valence-electron chi connectivity index (χ1n) is 7.81.